The van der Waals surface area contributed by atoms with Gasteiger partial charge in [-0.05, 0) is 61.6 Å². The Morgan fingerprint density at radius 3 is 2.63 bits per heavy atom. The largest absolute Gasteiger partial charge is 0.349 e. The summed E-state index contributed by atoms with van der Waals surface area (Å²) in [7, 11) is 0. The van der Waals surface area contributed by atoms with Crippen LogP contribution in [0.25, 0.3) is 0 Å². The lowest BCUT2D eigenvalue weighted by Crippen LogP contribution is -2.28. The molecule has 2 heteroatoms. The SMILES string of the molecule is C[C@H](NC(=O)[C@H]1C[C@H]1C)c1ccc2c(c1)CCCC2. The molecular weight excluding hydrogens is 234 g/mol. The normalized spacial score (nSPS) is 26.4. The highest BCUT2D eigenvalue weighted by atomic mass is 16.2. The Morgan fingerprint density at radius 1 is 1.26 bits per heavy atom. The Hall–Kier alpha value is -1.31. The van der Waals surface area contributed by atoms with Gasteiger partial charge in [0, 0.05) is 5.92 Å². The number of fused-ring (bicyclic) bond motifs is 1. The third kappa shape index (κ3) is 2.68. The molecule has 1 fully saturated rings. The summed E-state index contributed by atoms with van der Waals surface area (Å²) < 4.78 is 0. The van der Waals surface area contributed by atoms with Crippen molar-refractivity contribution in [3.8, 4) is 0 Å². The van der Waals surface area contributed by atoms with Crippen molar-refractivity contribution < 1.29 is 4.79 Å². The maximum atomic E-state index is 12.0. The first-order valence-corrected chi connectivity index (χ1v) is 7.57. The molecule has 102 valence electrons. The van der Waals surface area contributed by atoms with Gasteiger partial charge in [0.05, 0.1) is 6.04 Å². The molecule has 2 nitrogen and oxygen atoms in total. The van der Waals surface area contributed by atoms with Gasteiger partial charge in [0.25, 0.3) is 0 Å². The van der Waals surface area contributed by atoms with Crippen molar-refractivity contribution in [2.24, 2.45) is 11.8 Å². The Morgan fingerprint density at radius 2 is 1.95 bits per heavy atom. The van der Waals surface area contributed by atoms with Gasteiger partial charge in [0.2, 0.25) is 5.91 Å². The van der Waals surface area contributed by atoms with Crippen LogP contribution in [0.3, 0.4) is 0 Å². The lowest BCUT2D eigenvalue weighted by atomic mass is 9.89. The number of aryl methyl sites for hydroxylation is 2. The lowest BCUT2D eigenvalue weighted by Gasteiger charge is -2.20. The molecule has 19 heavy (non-hydrogen) atoms. The molecule has 3 atom stereocenters. The number of amides is 1. The van der Waals surface area contributed by atoms with Crippen molar-refractivity contribution in [3.05, 3.63) is 34.9 Å². The molecule has 0 aliphatic heterocycles. The zero-order valence-electron chi connectivity index (χ0n) is 11.9. The summed E-state index contributed by atoms with van der Waals surface area (Å²) in [5.41, 5.74) is 4.25. The highest BCUT2D eigenvalue weighted by Crippen LogP contribution is 2.38. The molecular formula is C17H23NO. The van der Waals surface area contributed by atoms with Crippen LogP contribution in [0.4, 0.5) is 0 Å². The van der Waals surface area contributed by atoms with E-state index in [1.807, 2.05) is 0 Å². The molecule has 0 heterocycles. The van der Waals surface area contributed by atoms with Crippen LogP contribution in [-0.4, -0.2) is 5.91 Å². The third-order valence-electron chi connectivity index (χ3n) is 4.68. The van der Waals surface area contributed by atoms with Crippen LogP contribution >= 0.6 is 0 Å². The zero-order chi connectivity index (χ0) is 13.4. The number of hydrogen-bond donors (Lipinski definition) is 1. The van der Waals surface area contributed by atoms with Crippen molar-refractivity contribution in [1.82, 2.24) is 5.32 Å². The number of rotatable bonds is 3. The first-order chi connectivity index (χ1) is 9.15. The number of carbonyl (C=O) groups excluding carboxylic acids is 1. The molecule has 0 aromatic heterocycles. The minimum atomic E-state index is 0.132. The van der Waals surface area contributed by atoms with Crippen molar-refractivity contribution in [1.29, 1.82) is 0 Å². The minimum absolute atomic E-state index is 0.132. The van der Waals surface area contributed by atoms with Crippen LogP contribution in [0.2, 0.25) is 0 Å². The van der Waals surface area contributed by atoms with E-state index in [0.717, 1.165) is 6.42 Å². The van der Waals surface area contributed by atoms with E-state index >= 15 is 0 Å². The molecule has 1 amide bonds. The quantitative estimate of drug-likeness (QED) is 0.883. The van der Waals surface area contributed by atoms with E-state index in [1.165, 1.54) is 42.4 Å². The second kappa shape index (κ2) is 4.99. The molecule has 2 aliphatic carbocycles. The first kappa shape index (κ1) is 12.7. The smallest absolute Gasteiger partial charge is 0.223 e. The van der Waals surface area contributed by atoms with E-state index in [9.17, 15) is 4.79 Å². The molecule has 0 bridgehead atoms. The van der Waals surface area contributed by atoms with Crippen LogP contribution in [0.15, 0.2) is 18.2 Å². The molecule has 2 aliphatic rings. The van der Waals surface area contributed by atoms with E-state index < -0.39 is 0 Å². The van der Waals surface area contributed by atoms with Gasteiger partial charge in [-0.15, -0.1) is 0 Å². The van der Waals surface area contributed by atoms with Gasteiger partial charge >= 0.3 is 0 Å². The van der Waals surface area contributed by atoms with Crippen LogP contribution in [0, 0.1) is 11.8 Å². The number of carbonyl (C=O) groups is 1. The molecule has 1 saturated carbocycles. The van der Waals surface area contributed by atoms with E-state index in [1.54, 1.807) is 0 Å². The van der Waals surface area contributed by atoms with Gasteiger partial charge in [-0.1, -0.05) is 25.1 Å². The maximum absolute atomic E-state index is 12.0. The van der Waals surface area contributed by atoms with Crippen molar-refractivity contribution in [2.45, 2.75) is 52.0 Å². The summed E-state index contributed by atoms with van der Waals surface area (Å²) in [6.45, 7) is 4.24. The Labute approximate surface area is 115 Å². The number of nitrogens with one attached hydrogen (secondary N) is 1. The summed E-state index contributed by atoms with van der Waals surface area (Å²) >= 11 is 0. The fourth-order valence-electron chi connectivity index (χ4n) is 3.11. The van der Waals surface area contributed by atoms with Crippen molar-refractivity contribution in [3.63, 3.8) is 0 Å². The number of benzene rings is 1. The average Bonchev–Trinajstić information content (AvgIpc) is 3.15. The molecule has 0 spiro atoms. The standard InChI is InChI=1S/C17H23NO/c1-11-9-16(11)17(19)18-12(2)14-8-7-13-5-3-4-6-15(13)10-14/h7-8,10-12,16H,3-6,9H2,1-2H3,(H,18,19)/t11-,12+,16+/m1/s1. The van der Waals surface area contributed by atoms with Gasteiger partial charge in [-0.3, -0.25) is 4.79 Å². The summed E-state index contributed by atoms with van der Waals surface area (Å²) in [6, 6.07) is 6.88. The third-order valence-corrected chi connectivity index (χ3v) is 4.68. The molecule has 1 N–H and O–H groups in total. The molecule has 3 rings (SSSR count). The number of hydrogen-bond acceptors (Lipinski definition) is 1. The summed E-state index contributed by atoms with van der Waals surface area (Å²) in [4.78, 5) is 12.0. The minimum Gasteiger partial charge on any atom is -0.349 e. The molecule has 0 unspecified atom stereocenters. The predicted molar refractivity (Wildman–Crippen MR) is 76.9 cm³/mol. The first-order valence-electron chi connectivity index (χ1n) is 7.57. The van der Waals surface area contributed by atoms with Crippen LogP contribution in [0.1, 0.15) is 55.8 Å². The predicted octanol–water partition coefficient (Wildman–Crippen LogP) is 3.40. The second-order valence-corrected chi connectivity index (χ2v) is 6.29. The van der Waals surface area contributed by atoms with Crippen molar-refractivity contribution >= 4 is 5.91 Å². The topological polar surface area (TPSA) is 29.1 Å². The Kier molecular flexibility index (Phi) is 3.34. The monoisotopic (exact) mass is 257 g/mol. The van der Waals surface area contributed by atoms with Gasteiger partial charge in [0.15, 0.2) is 0 Å². The molecule has 1 aromatic rings. The molecule has 0 radical (unpaired) electrons. The Bertz CT molecular complexity index is 494. The lowest BCUT2D eigenvalue weighted by molar-refractivity contribution is -0.123. The van der Waals surface area contributed by atoms with E-state index in [0.29, 0.717) is 5.92 Å². The maximum Gasteiger partial charge on any atom is 0.223 e. The van der Waals surface area contributed by atoms with Crippen LogP contribution < -0.4 is 5.32 Å². The zero-order valence-corrected chi connectivity index (χ0v) is 11.9. The van der Waals surface area contributed by atoms with Crippen molar-refractivity contribution in [2.75, 3.05) is 0 Å². The van der Waals surface area contributed by atoms with Crippen LogP contribution in [-0.2, 0) is 17.6 Å². The summed E-state index contributed by atoms with van der Waals surface area (Å²) in [6.07, 6.45) is 6.09. The van der Waals surface area contributed by atoms with Crippen LogP contribution in [0.5, 0.6) is 0 Å². The highest BCUT2D eigenvalue weighted by molar-refractivity contribution is 5.81. The Balaban J connectivity index is 1.69. The van der Waals surface area contributed by atoms with E-state index in [4.69, 9.17) is 0 Å². The van der Waals surface area contributed by atoms with E-state index in [2.05, 4.69) is 37.4 Å². The fraction of sp³-hybridized carbons (Fsp3) is 0.588. The average molecular weight is 257 g/mol. The van der Waals surface area contributed by atoms with Gasteiger partial charge in [-0.2, -0.15) is 0 Å². The second-order valence-electron chi connectivity index (χ2n) is 6.29. The summed E-state index contributed by atoms with van der Waals surface area (Å²) in [5, 5.41) is 3.16. The van der Waals surface area contributed by atoms with E-state index in [-0.39, 0.29) is 17.9 Å². The fourth-order valence-corrected chi connectivity index (χ4v) is 3.11. The van der Waals surface area contributed by atoms with Gasteiger partial charge in [-0.25, -0.2) is 0 Å². The highest BCUT2D eigenvalue weighted by Gasteiger charge is 2.39. The molecule has 1 aromatic carbocycles. The van der Waals surface area contributed by atoms with Gasteiger partial charge in [0.1, 0.15) is 0 Å². The summed E-state index contributed by atoms with van der Waals surface area (Å²) in [5.74, 6) is 1.08. The van der Waals surface area contributed by atoms with Gasteiger partial charge < -0.3 is 5.32 Å². The molecule has 0 saturated heterocycles.